The van der Waals surface area contributed by atoms with Crippen molar-refractivity contribution >= 4 is 29.5 Å². The Bertz CT molecular complexity index is 1600. The summed E-state index contributed by atoms with van der Waals surface area (Å²) in [5, 5.41) is 9.11. The lowest BCUT2D eigenvalue weighted by molar-refractivity contribution is -0.137. The fourth-order valence-corrected chi connectivity index (χ4v) is 5.03. The molecule has 12 nitrogen and oxygen atoms in total. The number of pyridine rings is 1. The Morgan fingerprint density at radius 1 is 1.04 bits per heavy atom. The molecule has 0 unspecified atom stereocenters. The van der Waals surface area contributed by atoms with E-state index in [0.29, 0.717) is 43.0 Å². The minimum absolute atomic E-state index is 0.0385. The zero-order valence-corrected chi connectivity index (χ0v) is 24.2. The highest BCUT2D eigenvalue weighted by Gasteiger charge is 2.37. The van der Waals surface area contributed by atoms with Crippen molar-refractivity contribution in [2.24, 2.45) is 0 Å². The number of aromatic nitrogens is 7. The van der Waals surface area contributed by atoms with E-state index in [9.17, 15) is 26.7 Å². The molecule has 0 aliphatic heterocycles. The Labute approximate surface area is 257 Å². The first-order chi connectivity index (χ1) is 21.5. The highest BCUT2D eigenvalue weighted by molar-refractivity contribution is 6.32. The molecule has 1 amide bonds. The number of ether oxygens (including phenoxy) is 2. The smallest absolute Gasteiger partial charge is 0.420 e. The lowest BCUT2D eigenvalue weighted by Crippen LogP contribution is -2.45. The first kappa shape index (κ1) is 31.7. The number of H-pyrrole nitrogens is 1. The number of carbonyl (C=O) groups is 1. The van der Waals surface area contributed by atoms with Gasteiger partial charge < -0.3 is 14.8 Å². The van der Waals surface area contributed by atoms with Crippen LogP contribution in [-0.4, -0.2) is 73.4 Å². The van der Waals surface area contributed by atoms with Gasteiger partial charge in [-0.3, -0.25) is 10.00 Å². The van der Waals surface area contributed by atoms with Crippen LogP contribution >= 0.6 is 11.6 Å². The molecule has 0 atom stereocenters. The summed E-state index contributed by atoms with van der Waals surface area (Å²) in [7, 11) is 1.44. The van der Waals surface area contributed by atoms with Gasteiger partial charge in [0.25, 0.3) is 6.43 Å². The molecule has 4 heterocycles. The number of alkyl halides is 5. The van der Waals surface area contributed by atoms with Crippen molar-refractivity contribution in [3.05, 3.63) is 53.7 Å². The highest BCUT2D eigenvalue weighted by atomic mass is 35.5. The van der Waals surface area contributed by atoms with E-state index in [2.05, 4.69) is 40.4 Å². The molecule has 2 N–H and O–H groups in total. The summed E-state index contributed by atoms with van der Waals surface area (Å²) in [6.45, 7) is -1.08. The Morgan fingerprint density at radius 2 is 1.76 bits per heavy atom. The number of aromatic amines is 1. The van der Waals surface area contributed by atoms with Crippen LogP contribution in [0.4, 0.5) is 38.5 Å². The number of nitrogens with one attached hydrogen (secondary N) is 2. The maximum atomic E-state index is 13.6. The highest BCUT2D eigenvalue weighted by Crippen LogP contribution is 2.38. The lowest BCUT2D eigenvalue weighted by Gasteiger charge is -2.36. The maximum Gasteiger partial charge on any atom is 0.420 e. The molecule has 238 valence electrons. The normalized spacial score (nSPS) is 16.8. The van der Waals surface area contributed by atoms with Crippen LogP contribution in [0.1, 0.15) is 31.2 Å². The number of amides is 1. The first-order valence-electron chi connectivity index (χ1n) is 13.5. The number of methoxy groups -OCH3 is 1. The van der Waals surface area contributed by atoms with Crippen molar-refractivity contribution in [1.29, 1.82) is 0 Å². The molecular formula is C27H25ClF5N9O3. The van der Waals surface area contributed by atoms with Crippen LogP contribution in [0.5, 0.6) is 6.01 Å². The topological polar surface area (TPSA) is 144 Å². The molecule has 1 aliphatic carbocycles. The maximum absolute atomic E-state index is 13.6. The van der Waals surface area contributed by atoms with E-state index in [1.54, 1.807) is 24.5 Å². The van der Waals surface area contributed by atoms with Gasteiger partial charge in [-0.05, 0) is 37.8 Å². The molecular weight excluding hydrogens is 629 g/mol. The van der Waals surface area contributed by atoms with E-state index in [-0.39, 0.29) is 34.5 Å². The second kappa shape index (κ2) is 13.5. The van der Waals surface area contributed by atoms with Gasteiger partial charge in [-0.25, -0.2) is 38.5 Å². The van der Waals surface area contributed by atoms with Crippen molar-refractivity contribution in [3.63, 3.8) is 0 Å². The Balaban J connectivity index is 1.31. The van der Waals surface area contributed by atoms with Crippen molar-refractivity contribution in [2.75, 3.05) is 23.9 Å². The van der Waals surface area contributed by atoms with Crippen LogP contribution < -0.4 is 15.0 Å². The van der Waals surface area contributed by atoms with Crippen molar-refractivity contribution < 1.29 is 36.2 Å². The molecule has 1 saturated carbocycles. The van der Waals surface area contributed by atoms with Crippen LogP contribution in [0, 0.1) is 0 Å². The standard InChI is InChI=1S/C27H25ClF5N9O3/c1-44-25-36-9-15(10-37-25)14-2-7-21(34-8-14)42(26(43)45-13-20(29)30)17-5-3-16(4-6-17)39-24-35-11-18(27(31,32)33)22(40-24)23-19(28)12-38-41-23/h2,7-12,16-17,20H,3-6,13H2,1H3,(H,38,41)(H,35,39,40). The Kier molecular flexibility index (Phi) is 9.55. The van der Waals surface area contributed by atoms with Gasteiger partial charge in [0.15, 0.2) is 6.61 Å². The molecule has 5 rings (SSSR count). The molecule has 0 bridgehead atoms. The molecule has 0 radical (unpaired) electrons. The van der Waals surface area contributed by atoms with Crippen LogP contribution in [0.2, 0.25) is 5.02 Å². The SMILES string of the molecule is COc1ncc(-c2ccc(N(C(=O)OCC(F)F)C3CCC(Nc4ncc(C(F)(F)F)c(-c5[nH]ncc5Cl)n4)CC3)nc2)cn1. The van der Waals surface area contributed by atoms with Crippen LogP contribution in [0.3, 0.4) is 0 Å². The fraction of sp³-hybridized carbons (Fsp3) is 0.370. The van der Waals surface area contributed by atoms with Crippen molar-refractivity contribution in [1.82, 2.24) is 35.1 Å². The summed E-state index contributed by atoms with van der Waals surface area (Å²) >= 11 is 6.01. The van der Waals surface area contributed by atoms with E-state index in [0.717, 1.165) is 0 Å². The van der Waals surface area contributed by atoms with Crippen LogP contribution in [0.15, 0.2) is 43.1 Å². The third kappa shape index (κ3) is 7.53. The summed E-state index contributed by atoms with van der Waals surface area (Å²) in [4.78, 5) is 34.6. The molecule has 1 fully saturated rings. The number of rotatable bonds is 9. The van der Waals surface area contributed by atoms with Crippen molar-refractivity contribution in [3.8, 4) is 28.5 Å². The molecule has 4 aromatic heterocycles. The average molecular weight is 654 g/mol. The molecule has 0 spiro atoms. The van der Waals surface area contributed by atoms with Gasteiger partial charge in [0.05, 0.1) is 18.3 Å². The zero-order valence-electron chi connectivity index (χ0n) is 23.4. The van der Waals surface area contributed by atoms with Gasteiger partial charge in [0.1, 0.15) is 22.8 Å². The zero-order chi connectivity index (χ0) is 32.1. The lowest BCUT2D eigenvalue weighted by atomic mass is 9.90. The largest absolute Gasteiger partial charge is 0.467 e. The summed E-state index contributed by atoms with van der Waals surface area (Å²) in [6.07, 6.45) is -0.513. The van der Waals surface area contributed by atoms with E-state index in [1.165, 1.54) is 24.4 Å². The Morgan fingerprint density at radius 3 is 2.33 bits per heavy atom. The van der Waals surface area contributed by atoms with Gasteiger partial charge in [-0.1, -0.05) is 11.6 Å². The summed E-state index contributed by atoms with van der Waals surface area (Å²) in [6, 6.07) is 2.69. The molecule has 0 aromatic carbocycles. The predicted octanol–water partition coefficient (Wildman–Crippen LogP) is 6.03. The minimum Gasteiger partial charge on any atom is -0.467 e. The molecule has 18 heteroatoms. The number of halogens is 6. The van der Waals surface area contributed by atoms with Crippen LogP contribution in [-0.2, 0) is 10.9 Å². The number of nitrogens with zero attached hydrogens (tertiary/aromatic N) is 7. The van der Waals surface area contributed by atoms with E-state index in [1.807, 2.05) is 0 Å². The second-order valence-electron chi connectivity index (χ2n) is 9.90. The van der Waals surface area contributed by atoms with Crippen molar-refractivity contribution in [2.45, 2.75) is 50.4 Å². The monoisotopic (exact) mass is 653 g/mol. The van der Waals surface area contributed by atoms with Gasteiger partial charge in [0, 0.05) is 48.0 Å². The molecule has 45 heavy (non-hydrogen) atoms. The van der Waals surface area contributed by atoms with E-state index >= 15 is 0 Å². The minimum atomic E-state index is -4.74. The number of carbonyl (C=O) groups excluding carboxylic acids is 1. The number of hydrogen-bond acceptors (Lipinski definition) is 10. The van der Waals surface area contributed by atoms with Gasteiger partial charge >= 0.3 is 18.3 Å². The van der Waals surface area contributed by atoms with Crippen LogP contribution in [0.25, 0.3) is 22.5 Å². The second-order valence-corrected chi connectivity index (χ2v) is 10.3. The van der Waals surface area contributed by atoms with Gasteiger partial charge in [-0.2, -0.15) is 18.3 Å². The summed E-state index contributed by atoms with van der Waals surface area (Å²) < 4.78 is 76.5. The molecule has 0 saturated heterocycles. The number of hydrogen-bond donors (Lipinski definition) is 2. The summed E-state index contributed by atoms with van der Waals surface area (Å²) in [5.74, 6) is 0.135. The third-order valence-electron chi connectivity index (χ3n) is 6.99. The van der Waals surface area contributed by atoms with Gasteiger partial charge in [0.2, 0.25) is 5.95 Å². The van der Waals surface area contributed by atoms with E-state index < -0.39 is 42.6 Å². The average Bonchev–Trinajstić information content (AvgIpc) is 3.46. The quantitative estimate of drug-likeness (QED) is 0.205. The van der Waals surface area contributed by atoms with E-state index in [4.69, 9.17) is 21.1 Å². The Hall–Kier alpha value is -4.67. The third-order valence-corrected chi connectivity index (χ3v) is 7.27. The first-order valence-corrected chi connectivity index (χ1v) is 13.9. The van der Waals surface area contributed by atoms with Gasteiger partial charge in [-0.15, -0.1) is 0 Å². The summed E-state index contributed by atoms with van der Waals surface area (Å²) in [5.41, 5.74) is -0.368. The molecule has 4 aromatic rings. The number of anilines is 2. The predicted molar refractivity (Wildman–Crippen MR) is 151 cm³/mol. The fourth-order valence-electron chi connectivity index (χ4n) is 4.85. The molecule has 1 aliphatic rings.